The summed E-state index contributed by atoms with van der Waals surface area (Å²) in [6.07, 6.45) is 0.982. The van der Waals surface area contributed by atoms with Crippen molar-refractivity contribution in [3.05, 3.63) is 41.2 Å². The van der Waals surface area contributed by atoms with Gasteiger partial charge in [-0.3, -0.25) is 4.68 Å². The molecule has 0 saturated carbocycles. The van der Waals surface area contributed by atoms with Gasteiger partial charge >= 0.3 is 0 Å². The van der Waals surface area contributed by atoms with Crippen molar-refractivity contribution in [2.45, 2.75) is 30.9 Å². The maximum absolute atomic E-state index is 5.82. The number of nitrogen functional groups attached to an aromatic ring is 1. The van der Waals surface area contributed by atoms with Crippen LogP contribution in [0.25, 0.3) is 0 Å². The zero-order valence-electron chi connectivity index (χ0n) is 11.1. The Labute approximate surface area is 112 Å². The number of anilines is 1. The van der Waals surface area contributed by atoms with E-state index in [1.54, 1.807) is 0 Å². The topological polar surface area (TPSA) is 43.8 Å². The van der Waals surface area contributed by atoms with Gasteiger partial charge in [-0.15, -0.1) is 11.8 Å². The molecule has 3 nitrogen and oxygen atoms in total. The first kappa shape index (κ1) is 13.0. The molecule has 0 saturated heterocycles. The van der Waals surface area contributed by atoms with Gasteiger partial charge in [0.25, 0.3) is 0 Å². The third-order valence-corrected chi connectivity index (χ3v) is 4.17. The van der Waals surface area contributed by atoms with E-state index in [0.29, 0.717) is 0 Å². The highest BCUT2D eigenvalue weighted by molar-refractivity contribution is 7.98. The number of hydrogen-bond donors (Lipinski definition) is 1. The fourth-order valence-corrected chi connectivity index (χ4v) is 2.89. The second kappa shape index (κ2) is 5.48. The van der Waals surface area contributed by atoms with Crippen LogP contribution in [-0.2, 0) is 19.2 Å². The van der Waals surface area contributed by atoms with Crippen LogP contribution < -0.4 is 5.73 Å². The van der Waals surface area contributed by atoms with Crippen molar-refractivity contribution in [2.24, 2.45) is 7.05 Å². The molecule has 96 valence electrons. The van der Waals surface area contributed by atoms with Gasteiger partial charge in [-0.05, 0) is 37.1 Å². The fourth-order valence-electron chi connectivity index (χ4n) is 1.80. The molecule has 0 spiro atoms. The molecule has 18 heavy (non-hydrogen) atoms. The molecule has 0 unspecified atom stereocenters. The molecule has 0 bridgehead atoms. The van der Waals surface area contributed by atoms with Gasteiger partial charge in [0.1, 0.15) is 0 Å². The molecule has 0 fully saturated rings. The van der Waals surface area contributed by atoms with Crippen LogP contribution >= 0.6 is 11.8 Å². The van der Waals surface area contributed by atoms with E-state index in [1.807, 2.05) is 35.6 Å². The van der Waals surface area contributed by atoms with E-state index in [4.69, 9.17) is 5.73 Å². The second-order valence-electron chi connectivity index (χ2n) is 4.42. The molecule has 0 aliphatic carbocycles. The lowest BCUT2D eigenvalue weighted by Gasteiger charge is -2.06. The number of aromatic nitrogens is 2. The van der Waals surface area contributed by atoms with Gasteiger partial charge in [0.15, 0.2) is 0 Å². The predicted molar refractivity (Wildman–Crippen MR) is 77.7 cm³/mol. The first-order valence-electron chi connectivity index (χ1n) is 6.11. The normalized spacial score (nSPS) is 10.8. The Bertz CT molecular complexity index is 546. The van der Waals surface area contributed by atoms with Gasteiger partial charge in [0, 0.05) is 29.1 Å². The number of nitrogens with zero attached hydrogens (tertiary/aromatic N) is 2. The highest BCUT2D eigenvalue weighted by Gasteiger charge is 2.06. The summed E-state index contributed by atoms with van der Waals surface area (Å²) in [5.74, 6) is 0.924. The minimum absolute atomic E-state index is 0.822. The first-order valence-corrected chi connectivity index (χ1v) is 7.09. The van der Waals surface area contributed by atoms with Crippen LogP contribution in [0.1, 0.15) is 23.9 Å². The molecule has 1 aromatic carbocycles. The lowest BCUT2D eigenvalue weighted by Crippen LogP contribution is -1.97. The molecular weight excluding hydrogens is 242 g/mol. The monoisotopic (exact) mass is 261 g/mol. The summed E-state index contributed by atoms with van der Waals surface area (Å²) in [5, 5.41) is 4.46. The van der Waals surface area contributed by atoms with Crippen molar-refractivity contribution in [3.8, 4) is 0 Å². The van der Waals surface area contributed by atoms with Crippen LogP contribution in [-0.4, -0.2) is 9.78 Å². The van der Waals surface area contributed by atoms with Crippen molar-refractivity contribution >= 4 is 17.4 Å². The number of rotatable bonds is 4. The smallest absolute Gasteiger partial charge is 0.0625 e. The maximum Gasteiger partial charge on any atom is 0.0625 e. The highest BCUT2D eigenvalue weighted by Crippen LogP contribution is 2.27. The first-order chi connectivity index (χ1) is 8.60. The Morgan fingerprint density at radius 1 is 1.33 bits per heavy atom. The van der Waals surface area contributed by atoms with Crippen LogP contribution in [0.4, 0.5) is 5.69 Å². The van der Waals surface area contributed by atoms with E-state index in [0.717, 1.165) is 23.6 Å². The van der Waals surface area contributed by atoms with E-state index in [1.165, 1.54) is 16.2 Å². The number of aryl methyl sites for hydroxylation is 3. The molecule has 0 atom stereocenters. The zero-order valence-corrected chi connectivity index (χ0v) is 11.9. The number of thioether (sulfide) groups is 1. The van der Waals surface area contributed by atoms with Crippen LogP contribution in [0.5, 0.6) is 0 Å². The molecule has 2 rings (SSSR count). The molecule has 4 heteroatoms. The maximum atomic E-state index is 5.82. The molecule has 0 aliphatic rings. The number of hydrogen-bond acceptors (Lipinski definition) is 3. The third-order valence-electron chi connectivity index (χ3n) is 2.98. The molecule has 0 aliphatic heterocycles. The summed E-state index contributed by atoms with van der Waals surface area (Å²) in [6.45, 7) is 4.24. The SMILES string of the molecule is CCc1cc(CSc2cc(N)ccc2C)n(C)n1. The molecular formula is C14H19N3S. The van der Waals surface area contributed by atoms with Gasteiger partial charge in [0.2, 0.25) is 0 Å². The zero-order chi connectivity index (χ0) is 13.1. The Morgan fingerprint density at radius 3 is 2.78 bits per heavy atom. The fraction of sp³-hybridized carbons (Fsp3) is 0.357. The van der Waals surface area contributed by atoms with Crippen molar-refractivity contribution < 1.29 is 0 Å². The quantitative estimate of drug-likeness (QED) is 0.679. The van der Waals surface area contributed by atoms with E-state index >= 15 is 0 Å². The largest absolute Gasteiger partial charge is 0.399 e. The molecule has 1 aromatic heterocycles. The summed E-state index contributed by atoms with van der Waals surface area (Å²) < 4.78 is 1.97. The second-order valence-corrected chi connectivity index (χ2v) is 5.43. The van der Waals surface area contributed by atoms with Crippen molar-refractivity contribution in [1.29, 1.82) is 0 Å². The van der Waals surface area contributed by atoms with Crippen LogP contribution in [0, 0.1) is 6.92 Å². The molecule has 2 N–H and O–H groups in total. The van der Waals surface area contributed by atoms with Crippen molar-refractivity contribution in [3.63, 3.8) is 0 Å². The van der Waals surface area contributed by atoms with Gasteiger partial charge in [0.05, 0.1) is 5.69 Å². The van der Waals surface area contributed by atoms with Gasteiger partial charge < -0.3 is 5.73 Å². The Morgan fingerprint density at radius 2 is 2.11 bits per heavy atom. The van der Waals surface area contributed by atoms with Gasteiger partial charge in [-0.2, -0.15) is 5.10 Å². The minimum Gasteiger partial charge on any atom is -0.399 e. The van der Waals surface area contributed by atoms with E-state index in [-0.39, 0.29) is 0 Å². The molecule has 0 radical (unpaired) electrons. The summed E-state index contributed by atoms with van der Waals surface area (Å²) >= 11 is 1.81. The van der Waals surface area contributed by atoms with Gasteiger partial charge in [-0.25, -0.2) is 0 Å². The van der Waals surface area contributed by atoms with Crippen molar-refractivity contribution in [1.82, 2.24) is 9.78 Å². The summed E-state index contributed by atoms with van der Waals surface area (Å²) in [4.78, 5) is 1.24. The summed E-state index contributed by atoms with van der Waals surface area (Å²) in [7, 11) is 2.00. The van der Waals surface area contributed by atoms with Crippen molar-refractivity contribution in [2.75, 3.05) is 5.73 Å². The molecule has 1 heterocycles. The molecule has 2 aromatic rings. The Balaban J connectivity index is 2.11. The van der Waals surface area contributed by atoms with Crippen LogP contribution in [0.2, 0.25) is 0 Å². The van der Waals surface area contributed by atoms with Crippen LogP contribution in [0.3, 0.4) is 0 Å². The average molecular weight is 261 g/mol. The third kappa shape index (κ3) is 2.88. The number of nitrogens with two attached hydrogens (primary N) is 1. The van der Waals surface area contributed by atoms with E-state index in [2.05, 4.69) is 31.1 Å². The van der Waals surface area contributed by atoms with E-state index in [9.17, 15) is 0 Å². The minimum atomic E-state index is 0.822. The highest BCUT2D eigenvalue weighted by atomic mass is 32.2. The Kier molecular flexibility index (Phi) is 3.97. The van der Waals surface area contributed by atoms with E-state index < -0.39 is 0 Å². The average Bonchev–Trinajstić information content (AvgIpc) is 2.71. The lowest BCUT2D eigenvalue weighted by molar-refractivity contribution is 0.720. The number of benzene rings is 1. The van der Waals surface area contributed by atoms with Crippen LogP contribution in [0.15, 0.2) is 29.2 Å². The predicted octanol–water partition coefficient (Wildman–Crippen LogP) is 3.17. The molecule has 0 amide bonds. The Hall–Kier alpha value is -1.42. The standard InChI is InChI=1S/C14H19N3S/c1-4-12-8-13(17(3)16-12)9-18-14-7-11(15)6-5-10(14)2/h5-8H,4,9,15H2,1-3H3. The van der Waals surface area contributed by atoms with Gasteiger partial charge in [-0.1, -0.05) is 13.0 Å². The summed E-state index contributed by atoms with van der Waals surface area (Å²) in [6, 6.07) is 8.22. The summed E-state index contributed by atoms with van der Waals surface area (Å²) in [5.41, 5.74) is 10.3. The lowest BCUT2D eigenvalue weighted by atomic mass is 10.2.